The molecule has 0 aromatic heterocycles. The Hall–Kier alpha value is -2.78. The summed E-state index contributed by atoms with van der Waals surface area (Å²) in [4.78, 5) is 28.4. The molecule has 40 heavy (non-hydrogen) atoms. The van der Waals surface area contributed by atoms with Crippen LogP contribution in [0.4, 0.5) is 5.69 Å². The van der Waals surface area contributed by atoms with Crippen LogP contribution in [0.15, 0.2) is 71.6 Å². The third-order valence-corrected chi connectivity index (χ3v) is 9.15. The van der Waals surface area contributed by atoms with Crippen molar-refractivity contribution in [3.63, 3.8) is 0 Å². The number of hydrogen-bond acceptors (Lipinski definition) is 4. The van der Waals surface area contributed by atoms with Gasteiger partial charge in [-0.05, 0) is 81.3 Å². The molecule has 1 N–H and O–H groups in total. The fourth-order valence-corrected chi connectivity index (χ4v) is 5.86. The van der Waals surface area contributed by atoms with Gasteiger partial charge in [-0.3, -0.25) is 13.9 Å². The Morgan fingerprint density at radius 3 is 2.08 bits per heavy atom. The Labute approximate surface area is 251 Å². The molecule has 0 saturated heterocycles. The molecule has 0 aliphatic heterocycles. The Balaban J connectivity index is 2.04. The van der Waals surface area contributed by atoms with Gasteiger partial charge in [0.2, 0.25) is 11.8 Å². The predicted molar refractivity (Wildman–Crippen MR) is 162 cm³/mol. The molecule has 0 bridgehead atoms. The number of carbonyl (C=O) groups is 2. The molecule has 2 unspecified atom stereocenters. The Morgan fingerprint density at radius 1 is 0.900 bits per heavy atom. The number of benzene rings is 3. The third-order valence-electron chi connectivity index (χ3n) is 6.53. The van der Waals surface area contributed by atoms with Crippen molar-refractivity contribution >= 4 is 62.3 Å². The van der Waals surface area contributed by atoms with Crippen molar-refractivity contribution in [3.8, 4) is 0 Å². The SMILES string of the molecule is CCC(C)NC(=O)C(C)N(Cc1ccc(Cl)cc1Cl)C(=O)CN(c1ccc(Cl)cc1)S(=O)(=O)c1ccc(C)cc1. The Kier molecular flexibility index (Phi) is 10.9. The molecule has 0 fully saturated rings. The molecular formula is C29H32Cl3N3O4S. The lowest BCUT2D eigenvalue weighted by atomic mass is 10.1. The van der Waals surface area contributed by atoms with Gasteiger partial charge in [0, 0.05) is 27.7 Å². The molecule has 3 rings (SSSR count). The molecule has 3 aromatic carbocycles. The second-order valence-corrected chi connectivity index (χ2v) is 12.7. The number of nitrogens with one attached hydrogen (secondary N) is 1. The zero-order valence-electron chi connectivity index (χ0n) is 22.7. The molecule has 11 heteroatoms. The maximum atomic E-state index is 14.0. The minimum absolute atomic E-state index is 0.0238. The quantitative estimate of drug-likeness (QED) is 0.265. The summed E-state index contributed by atoms with van der Waals surface area (Å²) >= 11 is 18.5. The van der Waals surface area contributed by atoms with Gasteiger partial charge in [0.05, 0.1) is 10.6 Å². The first-order valence-electron chi connectivity index (χ1n) is 12.7. The van der Waals surface area contributed by atoms with E-state index in [2.05, 4.69) is 5.32 Å². The molecule has 3 aromatic rings. The second-order valence-electron chi connectivity index (χ2n) is 9.55. The number of anilines is 1. The van der Waals surface area contributed by atoms with Crippen molar-refractivity contribution in [1.82, 2.24) is 10.2 Å². The third kappa shape index (κ3) is 7.91. The minimum Gasteiger partial charge on any atom is -0.352 e. The molecule has 0 aliphatic carbocycles. The molecule has 214 valence electrons. The number of sulfonamides is 1. The van der Waals surface area contributed by atoms with E-state index in [0.29, 0.717) is 27.1 Å². The highest BCUT2D eigenvalue weighted by Gasteiger charge is 2.33. The van der Waals surface area contributed by atoms with Crippen molar-refractivity contribution in [2.45, 2.75) is 57.6 Å². The number of amides is 2. The molecule has 2 amide bonds. The van der Waals surface area contributed by atoms with E-state index < -0.39 is 28.5 Å². The number of aryl methyl sites for hydroxylation is 1. The summed E-state index contributed by atoms with van der Waals surface area (Å²) in [6, 6.07) is 16.3. The van der Waals surface area contributed by atoms with Crippen LogP contribution in [0.2, 0.25) is 15.1 Å². The lowest BCUT2D eigenvalue weighted by Gasteiger charge is -2.32. The molecule has 2 atom stereocenters. The predicted octanol–water partition coefficient (Wildman–Crippen LogP) is 6.48. The largest absolute Gasteiger partial charge is 0.352 e. The first-order chi connectivity index (χ1) is 18.8. The highest BCUT2D eigenvalue weighted by molar-refractivity contribution is 7.92. The van der Waals surface area contributed by atoms with Crippen molar-refractivity contribution in [1.29, 1.82) is 0 Å². The van der Waals surface area contributed by atoms with Crippen LogP contribution in [-0.4, -0.2) is 43.8 Å². The standard InChI is InChI=1S/C29H32Cl3N3O4S/c1-5-20(3)33-29(37)21(4)34(17-22-8-9-24(31)16-27(22)32)28(36)18-35(25-12-10-23(30)11-13-25)40(38,39)26-14-6-19(2)7-15-26/h6-16,20-21H,5,17-18H2,1-4H3,(H,33,37). The topological polar surface area (TPSA) is 86.8 Å². The summed E-state index contributed by atoms with van der Waals surface area (Å²) in [5.41, 5.74) is 1.70. The highest BCUT2D eigenvalue weighted by Crippen LogP contribution is 2.27. The summed E-state index contributed by atoms with van der Waals surface area (Å²) < 4.78 is 28.7. The van der Waals surface area contributed by atoms with E-state index in [0.717, 1.165) is 9.87 Å². The summed E-state index contributed by atoms with van der Waals surface area (Å²) in [5.74, 6) is -0.962. The normalized spacial score (nSPS) is 12.9. The van der Waals surface area contributed by atoms with Gasteiger partial charge in [0.1, 0.15) is 12.6 Å². The zero-order valence-corrected chi connectivity index (χ0v) is 25.8. The molecule has 7 nitrogen and oxygen atoms in total. The zero-order chi connectivity index (χ0) is 29.6. The summed E-state index contributed by atoms with van der Waals surface area (Å²) in [6.45, 7) is 6.64. The number of halogens is 3. The van der Waals surface area contributed by atoms with Crippen LogP contribution in [0.3, 0.4) is 0 Å². The van der Waals surface area contributed by atoms with E-state index in [-0.39, 0.29) is 29.1 Å². The van der Waals surface area contributed by atoms with Gasteiger partial charge in [-0.15, -0.1) is 0 Å². The second kappa shape index (κ2) is 13.7. The van der Waals surface area contributed by atoms with E-state index in [1.165, 1.54) is 29.2 Å². The molecule has 0 heterocycles. The van der Waals surface area contributed by atoms with Crippen molar-refractivity contribution in [2.24, 2.45) is 0 Å². The van der Waals surface area contributed by atoms with Crippen molar-refractivity contribution in [2.75, 3.05) is 10.8 Å². The first-order valence-corrected chi connectivity index (χ1v) is 15.3. The van der Waals surface area contributed by atoms with Crippen LogP contribution >= 0.6 is 34.8 Å². The van der Waals surface area contributed by atoms with Crippen LogP contribution in [-0.2, 0) is 26.2 Å². The average molecular weight is 625 g/mol. The first kappa shape index (κ1) is 31.7. The summed E-state index contributed by atoms with van der Waals surface area (Å²) in [7, 11) is -4.17. The maximum Gasteiger partial charge on any atom is 0.264 e. The van der Waals surface area contributed by atoms with Gasteiger partial charge in [-0.25, -0.2) is 8.42 Å². The van der Waals surface area contributed by atoms with E-state index in [4.69, 9.17) is 34.8 Å². The van der Waals surface area contributed by atoms with Gasteiger partial charge in [0.25, 0.3) is 10.0 Å². The number of rotatable bonds is 11. The van der Waals surface area contributed by atoms with Gasteiger partial charge in [-0.1, -0.05) is 65.5 Å². The van der Waals surface area contributed by atoms with E-state index in [1.807, 2.05) is 20.8 Å². The van der Waals surface area contributed by atoms with Crippen LogP contribution < -0.4 is 9.62 Å². The number of hydrogen-bond donors (Lipinski definition) is 1. The lowest BCUT2D eigenvalue weighted by molar-refractivity contribution is -0.139. The van der Waals surface area contributed by atoms with Crippen LogP contribution in [0.25, 0.3) is 0 Å². The maximum absolute atomic E-state index is 14.0. The molecule has 0 radical (unpaired) electrons. The Morgan fingerprint density at radius 2 is 1.50 bits per heavy atom. The minimum atomic E-state index is -4.17. The fourth-order valence-electron chi connectivity index (χ4n) is 3.86. The van der Waals surface area contributed by atoms with Gasteiger partial charge >= 0.3 is 0 Å². The lowest BCUT2D eigenvalue weighted by Crippen LogP contribution is -2.52. The van der Waals surface area contributed by atoms with Crippen LogP contribution in [0, 0.1) is 6.92 Å². The molecule has 0 saturated carbocycles. The van der Waals surface area contributed by atoms with Gasteiger partial charge < -0.3 is 10.2 Å². The van der Waals surface area contributed by atoms with Crippen molar-refractivity contribution < 1.29 is 18.0 Å². The smallest absolute Gasteiger partial charge is 0.264 e. The highest BCUT2D eigenvalue weighted by atomic mass is 35.5. The van der Waals surface area contributed by atoms with Gasteiger partial charge in [0.15, 0.2) is 0 Å². The van der Waals surface area contributed by atoms with Crippen molar-refractivity contribution in [3.05, 3.63) is 92.9 Å². The number of carbonyl (C=O) groups excluding carboxylic acids is 2. The van der Waals surface area contributed by atoms with Gasteiger partial charge in [-0.2, -0.15) is 0 Å². The number of nitrogens with zero attached hydrogens (tertiary/aromatic N) is 2. The fraction of sp³-hybridized carbons (Fsp3) is 0.310. The molecule has 0 aliphatic rings. The van der Waals surface area contributed by atoms with Crippen LogP contribution in [0.1, 0.15) is 38.3 Å². The monoisotopic (exact) mass is 623 g/mol. The van der Waals surface area contributed by atoms with E-state index >= 15 is 0 Å². The van der Waals surface area contributed by atoms with Crippen LogP contribution in [0.5, 0.6) is 0 Å². The Bertz CT molecular complexity index is 1450. The summed E-state index contributed by atoms with van der Waals surface area (Å²) in [5, 5.41) is 4.05. The average Bonchev–Trinajstić information content (AvgIpc) is 2.91. The summed E-state index contributed by atoms with van der Waals surface area (Å²) in [6.07, 6.45) is 0.703. The molecular weight excluding hydrogens is 593 g/mol. The van der Waals surface area contributed by atoms with E-state index in [9.17, 15) is 18.0 Å². The van der Waals surface area contributed by atoms with E-state index in [1.54, 1.807) is 49.4 Å². The molecule has 0 spiro atoms.